The van der Waals surface area contributed by atoms with Crippen molar-refractivity contribution in [1.82, 2.24) is 4.31 Å². The van der Waals surface area contributed by atoms with E-state index < -0.39 is 16.2 Å². The molecule has 106 valence electrons. The van der Waals surface area contributed by atoms with Crippen molar-refractivity contribution in [3.05, 3.63) is 29.3 Å². The van der Waals surface area contributed by atoms with Crippen LogP contribution in [-0.2, 0) is 10.2 Å². The molecule has 0 unspecified atom stereocenters. The monoisotopic (exact) mass is 286 g/mol. The second-order valence-electron chi connectivity index (χ2n) is 3.97. The lowest BCUT2D eigenvalue weighted by atomic mass is 10.1. The lowest BCUT2D eigenvalue weighted by Crippen LogP contribution is -2.35. The molecule has 0 radical (unpaired) electrons. The molecule has 0 aliphatic rings. The zero-order chi connectivity index (χ0) is 14.6. The van der Waals surface area contributed by atoms with Gasteiger partial charge in [-0.3, -0.25) is 4.72 Å². The summed E-state index contributed by atoms with van der Waals surface area (Å²) in [6.45, 7) is 5.75. The van der Waals surface area contributed by atoms with E-state index >= 15 is 0 Å². The Morgan fingerprint density at radius 1 is 1.32 bits per heavy atom. The number of hydrogen-bond acceptors (Lipinski definition) is 3. The number of carbonyl (C=O) groups is 1. The van der Waals surface area contributed by atoms with Crippen LogP contribution >= 0.6 is 0 Å². The van der Waals surface area contributed by atoms with Gasteiger partial charge in [0.05, 0.1) is 11.3 Å². The van der Waals surface area contributed by atoms with Crippen LogP contribution in [0.25, 0.3) is 0 Å². The minimum atomic E-state index is -3.65. The fourth-order valence-electron chi connectivity index (χ4n) is 1.74. The van der Waals surface area contributed by atoms with Gasteiger partial charge >= 0.3 is 16.2 Å². The van der Waals surface area contributed by atoms with Gasteiger partial charge in [-0.25, -0.2) is 4.79 Å². The van der Waals surface area contributed by atoms with Gasteiger partial charge in [-0.2, -0.15) is 12.7 Å². The molecule has 0 aromatic heterocycles. The molecule has 19 heavy (non-hydrogen) atoms. The second kappa shape index (κ2) is 6.03. The Kier molecular flexibility index (Phi) is 4.90. The molecule has 0 saturated heterocycles. The topological polar surface area (TPSA) is 86.7 Å². The van der Waals surface area contributed by atoms with Crippen LogP contribution in [0.1, 0.15) is 29.8 Å². The predicted molar refractivity (Wildman–Crippen MR) is 73.6 cm³/mol. The number of rotatable bonds is 6. The van der Waals surface area contributed by atoms with Crippen LogP contribution in [0.15, 0.2) is 18.2 Å². The molecule has 1 aromatic rings. The molecule has 0 fully saturated rings. The van der Waals surface area contributed by atoms with Crippen molar-refractivity contribution in [1.29, 1.82) is 0 Å². The van der Waals surface area contributed by atoms with E-state index in [1.165, 1.54) is 16.4 Å². The number of carboxylic acid groups (broad SMARTS) is 1. The van der Waals surface area contributed by atoms with Crippen molar-refractivity contribution in [3.8, 4) is 0 Å². The van der Waals surface area contributed by atoms with Gasteiger partial charge in [-0.05, 0) is 24.6 Å². The summed E-state index contributed by atoms with van der Waals surface area (Å²) in [7, 11) is -3.65. The van der Waals surface area contributed by atoms with Gasteiger partial charge < -0.3 is 5.11 Å². The summed E-state index contributed by atoms with van der Waals surface area (Å²) >= 11 is 0. The number of benzene rings is 1. The number of anilines is 1. The first-order valence-corrected chi connectivity index (χ1v) is 7.38. The quantitative estimate of drug-likeness (QED) is 0.833. The molecule has 6 nitrogen and oxygen atoms in total. The van der Waals surface area contributed by atoms with Gasteiger partial charge in [0.2, 0.25) is 0 Å². The number of carboxylic acids is 1. The molecule has 7 heteroatoms. The molecular formula is C12H18N2O4S. The van der Waals surface area contributed by atoms with Crippen LogP contribution in [0.2, 0.25) is 0 Å². The Hall–Kier alpha value is -1.60. The molecule has 0 bridgehead atoms. The Bertz CT molecular complexity index is 565. The molecule has 2 N–H and O–H groups in total. The highest BCUT2D eigenvalue weighted by atomic mass is 32.2. The predicted octanol–water partition coefficient (Wildman–Crippen LogP) is 1.69. The maximum Gasteiger partial charge on any atom is 0.336 e. The van der Waals surface area contributed by atoms with Gasteiger partial charge in [-0.15, -0.1) is 0 Å². The standard InChI is InChI=1S/C12H18N2O4S/c1-4-14(5-2)19(17,18)13-11-8-6-7-10(9(11)3)12(15)16/h6-8,13H,4-5H2,1-3H3,(H,15,16). The summed E-state index contributed by atoms with van der Waals surface area (Å²) in [4.78, 5) is 11.0. The molecule has 0 saturated carbocycles. The number of hydrogen-bond donors (Lipinski definition) is 2. The Morgan fingerprint density at radius 2 is 1.89 bits per heavy atom. The SMILES string of the molecule is CCN(CC)S(=O)(=O)Nc1cccc(C(=O)O)c1C. The summed E-state index contributed by atoms with van der Waals surface area (Å²) in [6.07, 6.45) is 0. The highest BCUT2D eigenvalue weighted by Gasteiger charge is 2.20. The minimum absolute atomic E-state index is 0.0831. The summed E-state index contributed by atoms with van der Waals surface area (Å²) in [5.41, 5.74) is 0.761. The molecule has 1 aromatic carbocycles. The molecule has 0 aliphatic carbocycles. The average Bonchev–Trinajstić information content (AvgIpc) is 2.32. The van der Waals surface area contributed by atoms with Crippen LogP contribution < -0.4 is 4.72 Å². The normalized spacial score (nSPS) is 11.6. The first kappa shape index (κ1) is 15.5. The summed E-state index contributed by atoms with van der Waals surface area (Å²) < 4.78 is 27.8. The summed E-state index contributed by atoms with van der Waals surface area (Å²) in [6, 6.07) is 4.49. The van der Waals surface area contributed by atoms with E-state index in [2.05, 4.69) is 4.72 Å². The van der Waals surface area contributed by atoms with Crippen LogP contribution in [0, 0.1) is 6.92 Å². The summed E-state index contributed by atoms with van der Waals surface area (Å²) in [5.74, 6) is -1.08. The molecule has 1 rings (SSSR count). The fourth-order valence-corrected chi connectivity index (χ4v) is 3.05. The number of nitrogens with one attached hydrogen (secondary N) is 1. The minimum Gasteiger partial charge on any atom is -0.478 e. The maximum atomic E-state index is 12.1. The van der Waals surface area contributed by atoms with E-state index in [1.807, 2.05) is 0 Å². The van der Waals surface area contributed by atoms with E-state index in [4.69, 9.17) is 5.11 Å². The van der Waals surface area contributed by atoms with Crippen LogP contribution in [0.5, 0.6) is 0 Å². The Labute approximate surface area is 113 Å². The van der Waals surface area contributed by atoms with Crippen molar-refractivity contribution in [2.75, 3.05) is 17.8 Å². The van der Waals surface area contributed by atoms with Crippen molar-refractivity contribution in [3.63, 3.8) is 0 Å². The highest BCUT2D eigenvalue weighted by molar-refractivity contribution is 7.90. The second-order valence-corrected chi connectivity index (χ2v) is 5.65. The molecule has 0 spiro atoms. The Balaban J connectivity index is 3.13. The Morgan fingerprint density at radius 3 is 2.37 bits per heavy atom. The third kappa shape index (κ3) is 3.45. The zero-order valence-corrected chi connectivity index (χ0v) is 12.0. The van der Waals surface area contributed by atoms with Gasteiger partial charge in [0, 0.05) is 13.1 Å². The van der Waals surface area contributed by atoms with Gasteiger partial charge in [0.15, 0.2) is 0 Å². The lowest BCUT2D eigenvalue weighted by Gasteiger charge is -2.20. The van der Waals surface area contributed by atoms with E-state index in [0.717, 1.165) is 0 Å². The zero-order valence-electron chi connectivity index (χ0n) is 11.2. The van der Waals surface area contributed by atoms with E-state index in [-0.39, 0.29) is 11.3 Å². The van der Waals surface area contributed by atoms with Crippen LogP contribution in [-0.4, -0.2) is 36.9 Å². The first-order valence-electron chi connectivity index (χ1n) is 5.94. The largest absolute Gasteiger partial charge is 0.478 e. The average molecular weight is 286 g/mol. The smallest absolute Gasteiger partial charge is 0.336 e. The van der Waals surface area contributed by atoms with E-state index in [0.29, 0.717) is 18.7 Å². The third-order valence-electron chi connectivity index (χ3n) is 2.85. The molecule has 0 amide bonds. The fraction of sp³-hybridized carbons (Fsp3) is 0.417. The van der Waals surface area contributed by atoms with Crippen molar-refractivity contribution < 1.29 is 18.3 Å². The molecule has 0 atom stereocenters. The van der Waals surface area contributed by atoms with E-state index in [9.17, 15) is 13.2 Å². The molecule has 0 heterocycles. The molecule has 0 aliphatic heterocycles. The van der Waals surface area contributed by atoms with E-state index in [1.54, 1.807) is 26.8 Å². The van der Waals surface area contributed by atoms with Gasteiger partial charge in [0.1, 0.15) is 0 Å². The summed E-state index contributed by atoms with van der Waals surface area (Å²) in [5, 5.41) is 9.00. The number of aromatic carboxylic acids is 1. The highest BCUT2D eigenvalue weighted by Crippen LogP contribution is 2.21. The van der Waals surface area contributed by atoms with Crippen molar-refractivity contribution >= 4 is 21.9 Å². The lowest BCUT2D eigenvalue weighted by molar-refractivity contribution is 0.0696. The molecular weight excluding hydrogens is 268 g/mol. The van der Waals surface area contributed by atoms with Crippen molar-refractivity contribution in [2.24, 2.45) is 0 Å². The van der Waals surface area contributed by atoms with Crippen LogP contribution in [0.4, 0.5) is 5.69 Å². The number of nitrogens with zero attached hydrogens (tertiary/aromatic N) is 1. The van der Waals surface area contributed by atoms with Gasteiger partial charge in [0.25, 0.3) is 0 Å². The third-order valence-corrected chi connectivity index (χ3v) is 4.52. The van der Waals surface area contributed by atoms with Crippen LogP contribution in [0.3, 0.4) is 0 Å². The maximum absolute atomic E-state index is 12.1. The van der Waals surface area contributed by atoms with Crippen molar-refractivity contribution in [2.45, 2.75) is 20.8 Å². The van der Waals surface area contributed by atoms with Gasteiger partial charge in [-0.1, -0.05) is 19.9 Å². The first-order chi connectivity index (χ1) is 8.83.